The summed E-state index contributed by atoms with van der Waals surface area (Å²) in [6.07, 6.45) is 3.71. The molecule has 0 radical (unpaired) electrons. The molecule has 0 aliphatic carbocycles. The fourth-order valence-electron chi connectivity index (χ4n) is 2.50. The highest BCUT2D eigenvalue weighted by Gasteiger charge is 2.07. The van der Waals surface area contributed by atoms with E-state index in [1.165, 1.54) is 16.7 Å². The Balaban J connectivity index is 1.62. The maximum absolute atomic E-state index is 6.03. The highest BCUT2D eigenvalue weighted by atomic mass is 79.9. The number of nitrogens with zero attached hydrogens (tertiary/aromatic N) is 1. The maximum atomic E-state index is 6.03. The fourth-order valence-corrected chi connectivity index (χ4v) is 2.91. The number of quaternary nitrogens is 1. The molecule has 1 heterocycles. The van der Waals surface area contributed by atoms with E-state index in [9.17, 15) is 0 Å². The van der Waals surface area contributed by atoms with Crippen molar-refractivity contribution in [3.63, 3.8) is 0 Å². The van der Waals surface area contributed by atoms with Gasteiger partial charge in [0.15, 0.2) is 0 Å². The second-order valence-electron chi connectivity index (χ2n) is 5.58. The molecule has 0 unspecified atom stereocenters. The van der Waals surface area contributed by atoms with Gasteiger partial charge in [0.1, 0.15) is 25.4 Å². The molecule has 24 heavy (non-hydrogen) atoms. The number of benzene rings is 2. The van der Waals surface area contributed by atoms with Crippen LogP contribution in [0.25, 0.3) is 0 Å². The number of pyridine rings is 1. The van der Waals surface area contributed by atoms with Gasteiger partial charge in [-0.3, -0.25) is 4.98 Å². The second-order valence-corrected chi connectivity index (χ2v) is 6.50. The van der Waals surface area contributed by atoms with E-state index < -0.39 is 0 Å². The minimum atomic E-state index is 0.581. The monoisotopic (exact) mass is 383 g/mol. The molecule has 3 aromatic rings. The molecule has 2 aromatic carbocycles. The Hall–Kier alpha value is -2.17. The van der Waals surface area contributed by atoms with Gasteiger partial charge in [-0.1, -0.05) is 52.3 Å². The largest absolute Gasteiger partial charge is 0.488 e. The van der Waals surface area contributed by atoms with Crippen molar-refractivity contribution in [2.24, 2.45) is 0 Å². The lowest BCUT2D eigenvalue weighted by molar-refractivity contribution is -0.686. The lowest BCUT2D eigenvalue weighted by atomic mass is 10.2. The molecule has 0 atom stereocenters. The normalized spacial score (nSPS) is 10.5. The van der Waals surface area contributed by atoms with Crippen LogP contribution in [0.3, 0.4) is 0 Å². The van der Waals surface area contributed by atoms with Gasteiger partial charge in [0.05, 0.1) is 0 Å². The molecule has 0 amide bonds. The third-order valence-electron chi connectivity index (χ3n) is 3.73. The molecule has 2 N–H and O–H groups in total. The van der Waals surface area contributed by atoms with E-state index in [0.29, 0.717) is 6.61 Å². The van der Waals surface area contributed by atoms with E-state index in [1.807, 2.05) is 42.6 Å². The van der Waals surface area contributed by atoms with Crippen molar-refractivity contribution in [1.29, 1.82) is 0 Å². The molecule has 3 rings (SSSR count). The Kier molecular flexibility index (Phi) is 5.99. The Morgan fingerprint density at radius 2 is 1.75 bits per heavy atom. The van der Waals surface area contributed by atoms with Gasteiger partial charge in [0, 0.05) is 28.0 Å². The van der Waals surface area contributed by atoms with Crippen LogP contribution in [-0.2, 0) is 19.7 Å². The van der Waals surface area contributed by atoms with E-state index in [4.69, 9.17) is 4.74 Å². The van der Waals surface area contributed by atoms with Crippen molar-refractivity contribution >= 4 is 15.9 Å². The summed E-state index contributed by atoms with van der Waals surface area (Å²) in [5, 5.41) is 2.26. The van der Waals surface area contributed by atoms with Crippen molar-refractivity contribution in [3.8, 4) is 5.75 Å². The minimum Gasteiger partial charge on any atom is -0.488 e. The highest BCUT2D eigenvalue weighted by molar-refractivity contribution is 9.10. The van der Waals surface area contributed by atoms with Crippen LogP contribution >= 0.6 is 15.9 Å². The predicted molar refractivity (Wildman–Crippen MR) is 98.5 cm³/mol. The summed E-state index contributed by atoms with van der Waals surface area (Å²) in [6, 6.07) is 20.5. The first-order valence-electron chi connectivity index (χ1n) is 7.97. The molecule has 0 bridgehead atoms. The summed E-state index contributed by atoms with van der Waals surface area (Å²) in [4.78, 5) is 4.15. The summed E-state index contributed by atoms with van der Waals surface area (Å²) in [5.74, 6) is 0.935. The number of aromatic nitrogens is 1. The van der Waals surface area contributed by atoms with E-state index in [1.54, 1.807) is 6.20 Å². The topological polar surface area (TPSA) is 38.7 Å². The third kappa shape index (κ3) is 4.91. The van der Waals surface area contributed by atoms with Crippen LogP contribution < -0.4 is 10.1 Å². The zero-order chi connectivity index (χ0) is 16.6. The van der Waals surface area contributed by atoms with Crippen molar-refractivity contribution in [2.75, 3.05) is 0 Å². The SMILES string of the molecule is Brc1ccc(OCc2ccccc2)c(C[NH2+]Cc2cccnc2)c1. The summed E-state index contributed by atoms with van der Waals surface area (Å²) < 4.78 is 7.10. The predicted octanol–water partition coefficient (Wildman–Crippen LogP) is 3.69. The molecular weight excluding hydrogens is 364 g/mol. The van der Waals surface area contributed by atoms with Crippen molar-refractivity contribution in [2.45, 2.75) is 19.7 Å². The molecule has 4 heteroatoms. The van der Waals surface area contributed by atoms with E-state index in [-0.39, 0.29) is 0 Å². The Bertz CT molecular complexity index is 763. The first kappa shape index (κ1) is 16.7. The number of ether oxygens (including phenoxy) is 1. The van der Waals surface area contributed by atoms with Gasteiger partial charge < -0.3 is 10.1 Å². The van der Waals surface area contributed by atoms with Gasteiger partial charge in [-0.05, 0) is 29.8 Å². The Morgan fingerprint density at radius 1 is 0.917 bits per heavy atom. The van der Waals surface area contributed by atoms with Crippen molar-refractivity contribution in [1.82, 2.24) is 4.98 Å². The summed E-state index contributed by atoms with van der Waals surface area (Å²) in [5.41, 5.74) is 3.58. The van der Waals surface area contributed by atoms with Gasteiger partial charge in [0.2, 0.25) is 0 Å². The number of nitrogens with two attached hydrogens (primary N) is 1. The Morgan fingerprint density at radius 3 is 2.54 bits per heavy atom. The van der Waals surface area contributed by atoms with E-state index in [2.05, 4.69) is 50.5 Å². The first-order valence-corrected chi connectivity index (χ1v) is 8.76. The summed E-state index contributed by atoms with van der Waals surface area (Å²) in [7, 11) is 0. The van der Waals surface area contributed by atoms with Gasteiger partial charge in [0.25, 0.3) is 0 Å². The molecule has 122 valence electrons. The Labute approximate surface area is 150 Å². The number of halogens is 1. The zero-order valence-corrected chi connectivity index (χ0v) is 14.9. The van der Waals surface area contributed by atoms with Crippen LogP contribution in [0.5, 0.6) is 5.75 Å². The minimum absolute atomic E-state index is 0.581. The lowest BCUT2D eigenvalue weighted by Crippen LogP contribution is -2.80. The average Bonchev–Trinajstić information content (AvgIpc) is 2.63. The van der Waals surface area contributed by atoms with Crippen LogP contribution in [0.1, 0.15) is 16.7 Å². The van der Waals surface area contributed by atoms with Crippen LogP contribution in [0.2, 0.25) is 0 Å². The third-order valence-corrected chi connectivity index (χ3v) is 4.22. The number of rotatable bonds is 7. The smallest absolute Gasteiger partial charge is 0.128 e. The number of hydrogen-bond acceptors (Lipinski definition) is 2. The highest BCUT2D eigenvalue weighted by Crippen LogP contribution is 2.23. The molecule has 3 nitrogen and oxygen atoms in total. The summed E-state index contributed by atoms with van der Waals surface area (Å²) in [6.45, 7) is 2.34. The van der Waals surface area contributed by atoms with E-state index >= 15 is 0 Å². The molecule has 0 spiro atoms. The first-order chi connectivity index (χ1) is 11.8. The van der Waals surface area contributed by atoms with Gasteiger partial charge >= 0.3 is 0 Å². The summed E-state index contributed by atoms with van der Waals surface area (Å²) >= 11 is 3.55. The maximum Gasteiger partial charge on any atom is 0.128 e. The lowest BCUT2D eigenvalue weighted by Gasteiger charge is -2.11. The van der Waals surface area contributed by atoms with Crippen molar-refractivity contribution in [3.05, 3.63) is 94.2 Å². The molecule has 0 aliphatic heterocycles. The zero-order valence-electron chi connectivity index (χ0n) is 13.4. The van der Waals surface area contributed by atoms with Crippen molar-refractivity contribution < 1.29 is 10.1 Å². The average molecular weight is 384 g/mol. The van der Waals surface area contributed by atoms with E-state index in [0.717, 1.165) is 23.3 Å². The molecule has 0 fully saturated rings. The molecule has 0 saturated carbocycles. The fraction of sp³-hybridized carbons (Fsp3) is 0.150. The van der Waals surface area contributed by atoms with Gasteiger partial charge in [-0.2, -0.15) is 0 Å². The molecule has 0 aliphatic rings. The van der Waals surface area contributed by atoms with Crippen LogP contribution in [-0.4, -0.2) is 4.98 Å². The van der Waals surface area contributed by atoms with Crippen LogP contribution in [0.4, 0.5) is 0 Å². The quantitative estimate of drug-likeness (QED) is 0.675. The molecule has 0 saturated heterocycles. The standard InChI is InChI=1S/C20H19BrN2O/c21-19-8-9-20(24-15-16-5-2-1-3-6-16)18(11-19)14-23-13-17-7-4-10-22-12-17/h1-12,23H,13-15H2/p+1. The number of hydrogen-bond donors (Lipinski definition) is 1. The van der Waals surface area contributed by atoms with Gasteiger partial charge in [-0.15, -0.1) is 0 Å². The van der Waals surface area contributed by atoms with Gasteiger partial charge in [-0.25, -0.2) is 0 Å². The molecule has 1 aromatic heterocycles. The van der Waals surface area contributed by atoms with Crippen LogP contribution in [0.15, 0.2) is 77.5 Å². The van der Waals surface area contributed by atoms with Crippen LogP contribution in [0, 0.1) is 0 Å². The second kappa shape index (κ2) is 8.62. The molecular formula is C20H20BrN2O+.